The van der Waals surface area contributed by atoms with E-state index in [1.165, 1.54) is 0 Å². The van der Waals surface area contributed by atoms with Crippen LogP contribution in [0.25, 0.3) is 0 Å². The number of likely N-dealkylation sites (N-methyl/N-ethyl adjacent to an activating group) is 1. The molecule has 12 heavy (non-hydrogen) atoms. The Morgan fingerprint density at radius 2 is 2.00 bits per heavy atom. The molecule has 0 spiro atoms. The predicted octanol–water partition coefficient (Wildman–Crippen LogP) is -4.83. The molecule has 0 amide bonds. The number of nitrogens with zero attached hydrogens (tertiary/aromatic N) is 1. The van der Waals surface area contributed by atoms with Crippen molar-refractivity contribution in [3.05, 3.63) is 0 Å². The van der Waals surface area contributed by atoms with E-state index >= 15 is 0 Å². The molecule has 0 rings (SSSR count). The number of quaternary nitrogens is 1. The quantitative estimate of drug-likeness (QED) is 0.343. The van der Waals surface area contributed by atoms with Crippen LogP contribution < -0.4 is 40.4 Å². The van der Waals surface area contributed by atoms with Gasteiger partial charge in [-0.25, -0.2) is 0 Å². The number of carbonyl (C=O) groups excluding carboxylic acids is 1. The van der Waals surface area contributed by atoms with Crippen molar-refractivity contribution in [3.63, 3.8) is 0 Å². The van der Waals surface area contributed by atoms with Gasteiger partial charge in [0.1, 0.15) is 6.54 Å². The van der Waals surface area contributed by atoms with Crippen molar-refractivity contribution in [2.24, 2.45) is 5.73 Å². The Bertz CT molecular complexity index is 139. The number of hydrogen-bond donors (Lipinski definition) is 1. The molecular formula is C7H16N2NaO2+. The third-order valence-electron chi connectivity index (χ3n) is 1.52. The van der Waals surface area contributed by atoms with E-state index in [1.54, 1.807) is 0 Å². The molecule has 0 saturated carbocycles. The monoisotopic (exact) mass is 183 g/mol. The van der Waals surface area contributed by atoms with Gasteiger partial charge >= 0.3 is 29.6 Å². The van der Waals surface area contributed by atoms with Crippen molar-refractivity contribution in [2.45, 2.75) is 6.42 Å². The zero-order valence-electron chi connectivity index (χ0n) is 8.17. The zero-order chi connectivity index (χ0) is 8.91. The minimum Gasteiger partial charge on any atom is -0.544 e. The summed E-state index contributed by atoms with van der Waals surface area (Å²) in [4.78, 5) is 10.2. The summed E-state index contributed by atoms with van der Waals surface area (Å²) in [7, 11) is 3.71. The van der Waals surface area contributed by atoms with E-state index < -0.39 is 5.97 Å². The van der Waals surface area contributed by atoms with Crippen LogP contribution in [0.3, 0.4) is 0 Å². The number of nitrogens with two attached hydrogens (primary N) is 1. The van der Waals surface area contributed by atoms with Crippen molar-refractivity contribution < 1.29 is 43.9 Å². The van der Waals surface area contributed by atoms with Crippen LogP contribution in [-0.4, -0.2) is 44.2 Å². The van der Waals surface area contributed by atoms with E-state index in [-0.39, 0.29) is 36.1 Å². The van der Waals surface area contributed by atoms with Gasteiger partial charge in [-0.2, -0.15) is 0 Å². The van der Waals surface area contributed by atoms with Crippen molar-refractivity contribution in [1.29, 1.82) is 0 Å². The van der Waals surface area contributed by atoms with Crippen LogP contribution in [-0.2, 0) is 4.79 Å². The van der Waals surface area contributed by atoms with Crippen LogP contribution in [0.1, 0.15) is 6.42 Å². The van der Waals surface area contributed by atoms with Crippen molar-refractivity contribution >= 4 is 5.97 Å². The van der Waals surface area contributed by atoms with Gasteiger partial charge in [-0.1, -0.05) is 0 Å². The number of carboxylic acid groups (broad SMARTS) is 1. The summed E-state index contributed by atoms with van der Waals surface area (Å²) in [6.07, 6.45) is 0.847. The number of hydrogen-bond acceptors (Lipinski definition) is 3. The van der Waals surface area contributed by atoms with Gasteiger partial charge in [0.25, 0.3) is 0 Å². The number of aliphatic carboxylic acids is 1. The molecule has 0 heterocycles. The SMILES string of the molecule is C[N+](C)(CCCN)CC(=O)[O-].[Na+]. The van der Waals surface area contributed by atoms with Gasteiger partial charge in [0.2, 0.25) is 0 Å². The fraction of sp³-hybridized carbons (Fsp3) is 0.857. The predicted molar refractivity (Wildman–Crippen MR) is 40.5 cm³/mol. The molecule has 0 unspecified atom stereocenters. The van der Waals surface area contributed by atoms with Gasteiger partial charge in [-0.15, -0.1) is 0 Å². The Balaban J connectivity index is 0. The standard InChI is InChI=1S/C7H16N2O2.Na/c1-9(2,5-3-4-8)6-7(10)11;/h3-6,8H2,1-2H3;/q;+1. The second-order valence-electron chi connectivity index (χ2n) is 3.33. The molecule has 0 saturated heterocycles. The smallest absolute Gasteiger partial charge is 0.544 e. The fourth-order valence-electron chi connectivity index (χ4n) is 0.948. The largest absolute Gasteiger partial charge is 1.00 e. The molecule has 2 N–H and O–H groups in total. The molecule has 0 bridgehead atoms. The first-order valence-electron chi connectivity index (χ1n) is 3.70. The third kappa shape index (κ3) is 8.49. The van der Waals surface area contributed by atoms with E-state index in [0.717, 1.165) is 13.0 Å². The first kappa shape index (κ1) is 14.9. The molecule has 0 aliphatic carbocycles. The molecule has 0 aromatic heterocycles. The van der Waals surface area contributed by atoms with Gasteiger partial charge < -0.3 is 20.1 Å². The molecule has 0 aliphatic rings. The maximum absolute atomic E-state index is 10.2. The molecular weight excluding hydrogens is 167 g/mol. The second kappa shape index (κ2) is 6.86. The second-order valence-corrected chi connectivity index (χ2v) is 3.33. The van der Waals surface area contributed by atoms with Crippen LogP contribution in [0.4, 0.5) is 0 Å². The molecule has 66 valence electrons. The van der Waals surface area contributed by atoms with Gasteiger partial charge in [0.15, 0.2) is 0 Å². The number of carboxylic acids is 1. The Kier molecular flexibility index (Phi) is 8.51. The van der Waals surface area contributed by atoms with Crippen LogP contribution in [0, 0.1) is 0 Å². The average Bonchev–Trinajstić information content (AvgIpc) is 1.81. The molecule has 0 aromatic carbocycles. The summed E-state index contributed by atoms with van der Waals surface area (Å²) in [5, 5.41) is 10.2. The minimum atomic E-state index is -1.01. The van der Waals surface area contributed by atoms with Crippen LogP contribution in [0.5, 0.6) is 0 Å². The maximum Gasteiger partial charge on any atom is 1.00 e. The van der Waals surface area contributed by atoms with Crippen LogP contribution >= 0.6 is 0 Å². The molecule has 0 fully saturated rings. The molecule has 0 radical (unpaired) electrons. The van der Waals surface area contributed by atoms with E-state index in [2.05, 4.69) is 0 Å². The van der Waals surface area contributed by atoms with Crippen LogP contribution in [0.15, 0.2) is 0 Å². The summed E-state index contributed by atoms with van der Waals surface area (Å²) in [5.41, 5.74) is 5.29. The topological polar surface area (TPSA) is 66.2 Å². The summed E-state index contributed by atoms with van der Waals surface area (Å²) in [6.45, 7) is 1.44. The summed E-state index contributed by atoms with van der Waals surface area (Å²) in [5.74, 6) is -1.01. The summed E-state index contributed by atoms with van der Waals surface area (Å²) in [6, 6.07) is 0. The van der Waals surface area contributed by atoms with Gasteiger partial charge in [-0.3, -0.25) is 0 Å². The third-order valence-corrected chi connectivity index (χ3v) is 1.52. The average molecular weight is 183 g/mol. The Hall–Kier alpha value is 0.390. The van der Waals surface area contributed by atoms with E-state index in [4.69, 9.17) is 5.73 Å². The van der Waals surface area contributed by atoms with Crippen molar-refractivity contribution in [3.8, 4) is 0 Å². The van der Waals surface area contributed by atoms with Gasteiger partial charge in [0.05, 0.1) is 26.6 Å². The first-order valence-corrected chi connectivity index (χ1v) is 3.70. The molecule has 5 heteroatoms. The van der Waals surface area contributed by atoms with E-state index in [1.807, 2.05) is 14.1 Å². The first-order chi connectivity index (χ1) is 4.98. The molecule has 0 atom stereocenters. The van der Waals surface area contributed by atoms with Crippen LogP contribution in [0.2, 0.25) is 0 Å². The molecule has 0 aromatic rings. The Labute approximate surface area is 95.6 Å². The molecule has 4 nitrogen and oxygen atoms in total. The fourth-order valence-corrected chi connectivity index (χ4v) is 0.948. The Morgan fingerprint density at radius 3 is 2.33 bits per heavy atom. The Morgan fingerprint density at radius 1 is 1.50 bits per heavy atom. The van der Waals surface area contributed by atoms with Gasteiger partial charge in [0, 0.05) is 6.42 Å². The number of rotatable bonds is 5. The van der Waals surface area contributed by atoms with Gasteiger partial charge in [-0.05, 0) is 6.54 Å². The summed E-state index contributed by atoms with van der Waals surface area (Å²) < 4.78 is 0.444. The van der Waals surface area contributed by atoms with E-state index in [0.29, 0.717) is 11.0 Å². The number of carbonyl (C=O) groups is 1. The summed E-state index contributed by atoms with van der Waals surface area (Å²) >= 11 is 0. The minimum absolute atomic E-state index is 0. The normalized spacial score (nSPS) is 10.6. The van der Waals surface area contributed by atoms with Crippen molar-refractivity contribution in [2.75, 3.05) is 33.7 Å². The molecule has 0 aliphatic heterocycles. The van der Waals surface area contributed by atoms with E-state index in [9.17, 15) is 9.90 Å². The maximum atomic E-state index is 10.2. The zero-order valence-corrected chi connectivity index (χ0v) is 10.2. The van der Waals surface area contributed by atoms with Crippen molar-refractivity contribution in [1.82, 2.24) is 0 Å².